The molecule has 36 heavy (non-hydrogen) atoms. The van der Waals surface area contributed by atoms with E-state index < -0.39 is 0 Å². The zero-order chi connectivity index (χ0) is 24.7. The van der Waals surface area contributed by atoms with Crippen molar-refractivity contribution in [3.05, 3.63) is 84.3 Å². The van der Waals surface area contributed by atoms with E-state index in [9.17, 15) is 0 Å². The molecule has 0 radical (unpaired) electrons. The lowest BCUT2D eigenvalue weighted by molar-refractivity contribution is 0.378. The normalized spacial score (nSPS) is 11.2. The van der Waals surface area contributed by atoms with Gasteiger partial charge >= 0.3 is 0 Å². The maximum atomic E-state index is 5.46. The van der Waals surface area contributed by atoms with Crippen LogP contribution in [0.1, 0.15) is 37.3 Å². The van der Waals surface area contributed by atoms with Crippen LogP contribution in [0, 0.1) is 0 Å². The molecule has 0 atom stereocenters. The summed E-state index contributed by atoms with van der Waals surface area (Å²) in [6.45, 7) is 4.37. The minimum Gasteiger partial charge on any atom is -0.339 e. The highest BCUT2D eigenvalue weighted by atomic mass is 32.2. The van der Waals surface area contributed by atoms with E-state index in [1.54, 1.807) is 30.4 Å². The third-order valence-corrected chi connectivity index (χ3v) is 6.93. The van der Waals surface area contributed by atoms with Crippen LogP contribution in [0.15, 0.2) is 76.9 Å². The fraction of sp³-hybridized carbons (Fsp3) is 0.259. The lowest BCUT2D eigenvalue weighted by Crippen LogP contribution is -2.07. The standard InChI is InChI=1S/C27H27N7OS/c1-3-19-8-5-9-20(4-2)24(19)34-26(22-10-6-14-29-18-22)31-32-27(34)36-17-7-11-23-30-25(33-35-23)21-12-15-28-16-13-21/h5-6,8-10,12-16,18H,3-4,7,11,17H2,1-2H3. The van der Waals surface area contributed by atoms with Crippen LogP contribution in [0.3, 0.4) is 0 Å². The summed E-state index contributed by atoms with van der Waals surface area (Å²) in [7, 11) is 0. The van der Waals surface area contributed by atoms with Crippen molar-refractivity contribution in [3.8, 4) is 28.5 Å². The summed E-state index contributed by atoms with van der Waals surface area (Å²) in [5.41, 5.74) is 5.56. The van der Waals surface area contributed by atoms with Crippen LogP contribution < -0.4 is 0 Å². The molecule has 5 aromatic rings. The molecule has 0 spiro atoms. The Morgan fingerprint density at radius 3 is 2.39 bits per heavy atom. The summed E-state index contributed by atoms with van der Waals surface area (Å²) in [5, 5.41) is 14.2. The van der Waals surface area contributed by atoms with Gasteiger partial charge in [0.05, 0.1) is 5.69 Å². The Balaban J connectivity index is 1.37. The molecule has 1 aromatic carbocycles. The minimum atomic E-state index is 0.587. The Bertz CT molecular complexity index is 1390. The monoisotopic (exact) mass is 497 g/mol. The molecular formula is C27H27N7OS. The zero-order valence-electron chi connectivity index (χ0n) is 20.3. The molecule has 8 nitrogen and oxygen atoms in total. The smallest absolute Gasteiger partial charge is 0.226 e. The topological polar surface area (TPSA) is 95.4 Å². The number of hydrogen-bond acceptors (Lipinski definition) is 8. The van der Waals surface area contributed by atoms with Crippen LogP contribution >= 0.6 is 11.8 Å². The van der Waals surface area contributed by atoms with Gasteiger partial charge in [0.25, 0.3) is 0 Å². The van der Waals surface area contributed by atoms with Crippen molar-refractivity contribution in [3.63, 3.8) is 0 Å². The molecule has 182 valence electrons. The molecule has 0 fully saturated rings. The average Bonchev–Trinajstić information content (AvgIpc) is 3.59. The fourth-order valence-corrected chi connectivity index (χ4v) is 4.99. The van der Waals surface area contributed by atoms with E-state index in [1.165, 1.54) is 16.8 Å². The largest absolute Gasteiger partial charge is 0.339 e. The van der Waals surface area contributed by atoms with Gasteiger partial charge in [0.2, 0.25) is 11.7 Å². The summed E-state index contributed by atoms with van der Waals surface area (Å²) in [6, 6.07) is 14.2. The third-order valence-electron chi connectivity index (χ3n) is 5.91. The number of rotatable bonds is 10. The van der Waals surface area contributed by atoms with Gasteiger partial charge < -0.3 is 4.52 Å². The minimum absolute atomic E-state index is 0.587. The first-order chi connectivity index (χ1) is 17.8. The summed E-state index contributed by atoms with van der Waals surface area (Å²) in [5.74, 6) is 2.86. The second kappa shape index (κ2) is 11.3. The molecule has 0 aliphatic carbocycles. The lowest BCUT2D eigenvalue weighted by atomic mass is 10.0. The van der Waals surface area contributed by atoms with Gasteiger partial charge in [0, 0.05) is 48.1 Å². The quantitative estimate of drug-likeness (QED) is 0.181. The Labute approximate surface area is 214 Å². The Kier molecular flexibility index (Phi) is 7.47. The maximum absolute atomic E-state index is 5.46. The Morgan fingerprint density at radius 2 is 1.67 bits per heavy atom. The highest BCUT2D eigenvalue weighted by Crippen LogP contribution is 2.32. The first-order valence-corrected chi connectivity index (χ1v) is 13.1. The van der Waals surface area contributed by atoms with E-state index in [2.05, 4.69) is 66.9 Å². The number of aromatic nitrogens is 7. The number of hydrogen-bond donors (Lipinski definition) is 0. The van der Waals surface area contributed by atoms with E-state index in [0.29, 0.717) is 18.1 Å². The number of para-hydroxylation sites is 1. The molecule has 0 amide bonds. The molecule has 4 aromatic heterocycles. The van der Waals surface area contributed by atoms with E-state index in [-0.39, 0.29) is 0 Å². The van der Waals surface area contributed by atoms with Crippen LogP contribution in [-0.4, -0.2) is 40.6 Å². The van der Waals surface area contributed by atoms with Gasteiger partial charge in [-0.15, -0.1) is 10.2 Å². The van der Waals surface area contributed by atoms with Crippen LogP contribution in [0.5, 0.6) is 0 Å². The van der Waals surface area contributed by atoms with Gasteiger partial charge in [-0.3, -0.25) is 14.5 Å². The second-order valence-electron chi connectivity index (χ2n) is 8.21. The predicted molar refractivity (Wildman–Crippen MR) is 140 cm³/mol. The number of nitrogens with zero attached hydrogens (tertiary/aromatic N) is 7. The predicted octanol–water partition coefficient (Wildman–Crippen LogP) is 5.62. The molecule has 0 aliphatic rings. The molecule has 0 aliphatic heterocycles. The number of thioether (sulfide) groups is 1. The van der Waals surface area contributed by atoms with Crippen molar-refractivity contribution >= 4 is 11.8 Å². The Morgan fingerprint density at radius 1 is 0.861 bits per heavy atom. The molecule has 0 saturated heterocycles. The van der Waals surface area contributed by atoms with Gasteiger partial charge in [-0.25, -0.2) is 0 Å². The van der Waals surface area contributed by atoms with E-state index in [4.69, 9.17) is 4.52 Å². The van der Waals surface area contributed by atoms with Crippen LogP contribution in [-0.2, 0) is 19.3 Å². The Hall–Kier alpha value is -3.85. The third kappa shape index (κ3) is 5.06. The van der Waals surface area contributed by atoms with E-state index in [0.717, 1.165) is 47.1 Å². The van der Waals surface area contributed by atoms with Crippen molar-refractivity contribution < 1.29 is 4.52 Å². The average molecular weight is 498 g/mol. The summed E-state index contributed by atoms with van der Waals surface area (Å²) in [4.78, 5) is 12.9. The van der Waals surface area contributed by atoms with E-state index in [1.807, 2.05) is 30.5 Å². The zero-order valence-corrected chi connectivity index (χ0v) is 21.1. The molecule has 9 heteroatoms. The van der Waals surface area contributed by atoms with Crippen molar-refractivity contribution in [2.75, 3.05) is 5.75 Å². The van der Waals surface area contributed by atoms with Crippen molar-refractivity contribution in [2.45, 2.75) is 44.7 Å². The van der Waals surface area contributed by atoms with Crippen LogP contribution in [0.2, 0.25) is 0 Å². The molecule has 5 rings (SSSR count). The maximum Gasteiger partial charge on any atom is 0.226 e. The van der Waals surface area contributed by atoms with Crippen molar-refractivity contribution in [1.29, 1.82) is 0 Å². The summed E-state index contributed by atoms with van der Waals surface area (Å²) >= 11 is 1.69. The molecular weight excluding hydrogens is 470 g/mol. The molecule has 0 saturated carbocycles. The molecule has 0 bridgehead atoms. The first-order valence-electron chi connectivity index (χ1n) is 12.1. The van der Waals surface area contributed by atoms with Gasteiger partial charge in [-0.05, 0) is 54.7 Å². The van der Waals surface area contributed by atoms with Crippen molar-refractivity contribution in [1.82, 2.24) is 34.9 Å². The highest BCUT2D eigenvalue weighted by molar-refractivity contribution is 7.99. The molecule has 0 N–H and O–H groups in total. The highest BCUT2D eigenvalue weighted by Gasteiger charge is 2.20. The second-order valence-corrected chi connectivity index (χ2v) is 9.28. The van der Waals surface area contributed by atoms with Gasteiger partial charge in [0.1, 0.15) is 0 Å². The molecule has 4 heterocycles. The van der Waals surface area contributed by atoms with Gasteiger partial charge in [-0.2, -0.15) is 4.98 Å². The molecule has 0 unspecified atom stereocenters. The van der Waals surface area contributed by atoms with Crippen molar-refractivity contribution in [2.24, 2.45) is 0 Å². The SMILES string of the molecule is CCc1cccc(CC)c1-n1c(SCCCc2nc(-c3ccncc3)no2)nnc1-c1cccnc1. The van der Waals surface area contributed by atoms with E-state index >= 15 is 0 Å². The summed E-state index contributed by atoms with van der Waals surface area (Å²) in [6.07, 6.45) is 10.5. The van der Waals surface area contributed by atoms with Gasteiger partial charge in [0.15, 0.2) is 11.0 Å². The summed E-state index contributed by atoms with van der Waals surface area (Å²) < 4.78 is 7.66. The fourth-order valence-electron chi connectivity index (χ4n) is 4.11. The van der Waals surface area contributed by atoms with Gasteiger partial charge in [-0.1, -0.05) is 49.0 Å². The number of benzene rings is 1. The number of aryl methyl sites for hydroxylation is 3. The number of pyridine rings is 2. The lowest BCUT2D eigenvalue weighted by Gasteiger charge is -2.17. The first kappa shape index (κ1) is 23.9. The van der Waals surface area contributed by atoms with Crippen LogP contribution in [0.4, 0.5) is 0 Å². The van der Waals surface area contributed by atoms with Crippen LogP contribution in [0.25, 0.3) is 28.5 Å².